The summed E-state index contributed by atoms with van der Waals surface area (Å²) in [5, 5.41) is 5.81. The molecule has 1 saturated heterocycles. The fraction of sp³-hybridized carbons (Fsp3) is 0.333. The van der Waals surface area contributed by atoms with Crippen LogP contribution in [0.1, 0.15) is 18.4 Å². The first-order valence-corrected chi connectivity index (χ1v) is 9.55. The summed E-state index contributed by atoms with van der Waals surface area (Å²) >= 11 is 0. The number of hydrogen-bond acceptors (Lipinski definition) is 5. The number of anilines is 2. The van der Waals surface area contributed by atoms with Crippen molar-refractivity contribution in [3.63, 3.8) is 0 Å². The van der Waals surface area contributed by atoms with Gasteiger partial charge in [-0.05, 0) is 30.7 Å². The lowest BCUT2D eigenvalue weighted by molar-refractivity contribution is -0.124. The van der Waals surface area contributed by atoms with E-state index in [9.17, 15) is 9.59 Å². The van der Waals surface area contributed by atoms with E-state index in [0.717, 1.165) is 30.2 Å². The number of hydrogen-bond donors (Lipinski definition) is 0. The Balaban J connectivity index is 1.47. The lowest BCUT2D eigenvalue weighted by Crippen LogP contribution is -2.51. The smallest absolute Gasteiger partial charge is 0.270 e. The Kier molecular flexibility index (Phi) is 5.06. The van der Waals surface area contributed by atoms with Crippen LogP contribution in [0, 0.1) is 6.92 Å². The third kappa shape index (κ3) is 3.60. The van der Waals surface area contributed by atoms with E-state index in [1.54, 1.807) is 6.20 Å². The van der Waals surface area contributed by atoms with Crippen LogP contribution in [0.2, 0.25) is 0 Å². The van der Waals surface area contributed by atoms with Crippen molar-refractivity contribution in [1.29, 1.82) is 0 Å². The van der Waals surface area contributed by atoms with Crippen LogP contribution in [0.5, 0.6) is 0 Å². The number of carbonyl (C=O) groups excluding carboxylic acids is 2. The van der Waals surface area contributed by atoms with Crippen molar-refractivity contribution in [2.45, 2.75) is 19.8 Å². The Hall–Kier alpha value is -3.22. The van der Waals surface area contributed by atoms with Crippen molar-refractivity contribution < 1.29 is 9.59 Å². The number of piperazine rings is 1. The Morgan fingerprint density at radius 2 is 1.71 bits per heavy atom. The molecule has 1 aromatic carbocycles. The van der Waals surface area contributed by atoms with E-state index < -0.39 is 0 Å². The predicted octanol–water partition coefficient (Wildman–Crippen LogP) is 2.22. The standard InChI is InChI=1S/C21H23N5O2/c1-16-6-2-3-7-18(16)26-20(27)10-9-17(23-26)21(28)25-14-12-24(13-15-25)19-8-4-5-11-22-19/h2-8,11H,9-10,12-15H2,1H3. The van der Waals surface area contributed by atoms with Crippen LogP contribution in [-0.2, 0) is 9.59 Å². The second-order valence-electron chi connectivity index (χ2n) is 7.01. The van der Waals surface area contributed by atoms with Gasteiger partial charge in [0, 0.05) is 45.2 Å². The molecule has 2 aliphatic heterocycles. The van der Waals surface area contributed by atoms with Gasteiger partial charge in [-0.3, -0.25) is 9.59 Å². The number of benzene rings is 1. The Morgan fingerprint density at radius 3 is 2.43 bits per heavy atom. The first kappa shape index (κ1) is 18.2. The van der Waals surface area contributed by atoms with Gasteiger partial charge in [-0.15, -0.1) is 0 Å². The molecule has 28 heavy (non-hydrogen) atoms. The van der Waals surface area contributed by atoms with Crippen LogP contribution in [0.4, 0.5) is 11.5 Å². The predicted molar refractivity (Wildman–Crippen MR) is 108 cm³/mol. The molecule has 3 heterocycles. The van der Waals surface area contributed by atoms with Gasteiger partial charge in [0.05, 0.1) is 5.69 Å². The van der Waals surface area contributed by atoms with Gasteiger partial charge < -0.3 is 9.80 Å². The van der Waals surface area contributed by atoms with E-state index in [-0.39, 0.29) is 11.8 Å². The summed E-state index contributed by atoms with van der Waals surface area (Å²) in [6, 6.07) is 13.4. The highest BCUT2D eigenvalue weighted by atomic mass is 16.2. The topological polar surface area (TPSA) is 69.1 Å². The van der Waals surface area contributed by atoms with Crippen LogP contribution in [0.3, 0.4) is 0 Å². The number of hydrazone groups is 1. The Bertz CT molecular complexity index is 904. The van der Waals surface area contributed by atoms with Gasteiger partial charge in [-0.2, -0.15) is 5.10 Å². The van der Waals surface area contributed by atoms with Gasteiger partial charge in [0.2, 0.25) is 5.91 Å². The third-order valence-electron chi connectivity index (χ3n) is 5.16. The van der Waals surface area contributed by atoms with Gasteiger partial charge in [0.1, 0.15) is 11.5 Å². The maximum atomic E-state index is 13.0. The molecule has 0 bridgehead atoms. The molecule has 2 aromatic rings. The molecule has 4 rings (SSSR count). The normalized spacial score (nSPS) is 17.5. The van der Waals surface area contributed by atoms with E-state index in [1.807, 2.05) is 54.3 Å². The second kappa shape index (κ2) is 7.80. The molecule has 1 fully saturated rings. The summed E-state index contributed by atoms with van der Waals surface area (Å²) < 4.78 is 0. The molecule has 0 aliphatic carbocycles. The Morgan fingerprint density at radius 1 is 0.964 bits per heavy atom. The number of para-hydroxylation sites is 1. The van der Waals surface area contributed by atoms with E-state index in [2.05, 4.69) is 15.0 Å². The number of pyridine rings is 1. The fourth-order valence-electron chi connectivity index (χ4n) is 3.56. The van der Waals surface area contributed by atoms with Crippen molar-refractivity contribution in [2.24, 2.45) is 5.10 Å². The van der Waals surface area contributed by atoms with Crippen LogP contribution in [-0.4, -0.2) is 53.6 Å². The summed E-state index contributed by atoms with van der Waals surface area (Å²) in [6.07, 6.45) is 2.47. The van der Waals surface area contributed by atoms with E-state index in [1.165, 1.54) is 5.01 Å². The number of amides is 2. The molecule has 0 spiro atoms. The molecule has 0 N–H and O–H groups in total. The summed E-state index contributed by atoms with van der Waals surface area (Å²) in [6.45, 7) is 4.64. The monoisotopic (exact) mass is 377 g/mol. The molecule has 7 heteroatoms. The molecular weight excluding hydrogens is 354 g/mol. The van der Waals surface area contributed by atoms with Crippen LogP contribution in [0.25, 0.3) is 0 Å². The van der Waals surface area contributed by atoms with Crippen molar-refractivity contribution in [3.8, 4) is 0 Å². The molecule has 2 aliphatic rings. The van der Waals surface area contributed by atoms with Gasteiger partial charge in [-0.1, -0.05) is 24.3 Å². The average Bonchev–Trinajstić information content (AvgIpc) is 2.75. The number of aromatic nitrogens is 1. The lowest BCUT2D eigenvalue weighted by atomic mass is 10.1. The summed E-state index contributed by atoms with van der Waals surface area (Å²) in [5.41, 5.74) is 2.14. The van der Waals surface area contributed by atoms with Crippen LogP contribution in [0.15, 0.2) is 53.8 Å². The first-order chi connectivity index (χ1) is 13.6. The third-order valence-corrected chi connectivity index (χ3v) is 5.16. The maximum absolute atomic E-state index is 13.0. The molecule has 7 nitrogen and oxygen atoms in total. The van der Waals surface area contributed by atoms with Crippen molar-refractivity contribution in [1.82, 2.24) is 9.88 Å². The van der Waals surface area contributed by atoms with Crippen LogP contribution >= 0.6 is 0 Å². The van der Waals surface area contributed by atoms with E-state index >= 15 is 0 Å². The summed E-state index contributed by atoms with van der Waals surface area (Å²) in [4.78, 5) is 33.7. The average molecular weight is 377 g/mol. The number of rotatable bonds is 3. The number of nitrogens with zero attached hydrogens (tertiary/aromatic N) is 5. The van der Waals surface area contributed by atoms with Crippen LogP contribution < -0.4 is 9.91 Å². The minimum Gasteiger partial charge on any atom is -0.353 e. The second-order valence-corrected chi connectivity index (χ2v) is 7.01. The SMILES string of the molecule is Cc1ccccc1N1N=C(C(=O)N2CCN(c3ccccn3)CC2)CCC1=O. The summed E-state index contributed by atoms with van der Waals surface area (Å²) in [7, 11) is 0. The molecule has 144 valence electrons. The highest BCUT2D eigenvalue weighted by Crippen LogP contribution is 2.24. The zero-order valence-electron chi connectivity index (χ0n) is 15.9. The van der Waals surface area contributed by atoms with Gasteiger partial charge >= 0.3 is 0 Å². The molecule has 1 aromatic heterocycles. The molecule has 0 radical (unpaired) electrons. The number of carbonyl (C=O) groups is 2. The van der Waals surface area contributed by atoms with E-state index in [4.69, 9.17) is 0 Å². The largest absolute Gasteiger partial charge is 0.353 e. The fourth-order valence-corrected chi connectivity index (χ4v) is 3.56. The first-order valence-electron chi connectivity index (χ1n) is 9.55. The Labute approximate surface area is 164 Å². The van der Waals surface area contributed by atoms with E-state index in [0.29, 0.717) is 31.6 Å². The molecule has 0 saturated carbocycles. The van der Waals surface area contributed by atoms with Crippen molar-refractivity contribution in [2.75, 3.05) is 36.1 Å². The quantitative estimate of drug-likeness (QED) is 0.823. The minimum absolute atomic E-state index is 0.0771. The zero-order chi connectivity index (χ0) is 19.5. The highest BCUT2D eigenvalue weighted by Gasteiger charge is 2.30. The number of aryl methyl sites for hydroxylation is 1. The van der Waals surface area contributed by atoms with Crippen molar-refractivity contribution in [3.05, 3.63) is 54.2 Å². The maximum Gasteiger partial charge on any atom is 0.270 e. The molecule has 2 amide bonds. The van der Waals surface area contributed by atoms with Crippen molar-refractivity contribution >= 4 is 29.0 Å². The molecular formula is C21H23N5O2. The zero-order valence-corrected chi connectivity index (χ0v) is 15.9. The molecule has 0 atom stereocenters. The minimum atomic E-state index is -0.0779. The van der Waals surface area contributed by atoms with Gasteiger partial charge in [0.25, 0.3) is 5.91 Å². The lowest BCUT2D eigenvalue weighted by Gasteiger charge is -2.36. The summed E-state index contributed by atoms with van der Waals surface area (Å²) in [5.74, 6) is 0.776. The highest BCUT2D eigenvalue weighted by molar-refractivity contribution is 6.40. The van der Waals surface area contributed by atoms with Gasteiger partial charge in [0.15, 0.2) is 0 Å². The molecule has 0 unspecified atom stereocenters. The van der Waals surface area contributed by atoms with Gasteiger partial charge in [-0.25, -0.2) is 9.99 Å².